The Morgan fingerprint density at radius 3 is 2.89 bits per heavy atom. The number of nitrogens with one attached hydrogen (secondary N) is 1. The predicted octanol–water partition coefficient (Wildman–Crippen LogP) is 1.50. The number of hydrogen-bond acceptors (Lipinski definition) is 3. The van der Waals surface area contributed by atoms with Crippen molar-refractivity contribution in [2.45, 2.75) is 37.8 Å². The van der Waals surface area contributed by atoms with Crippen LogP contribution in [0.3, 0.4) is 0 Å². The summed E-state index contributed by atoms with van der Waals surface area (Å²) in [5.41, 5.74) is 9.36. The van der Waals surface area contributed by atoms with Crippen LogP contribution in [0.1, 0.15) is 24.8 Å². The molecular formula is C14H19N3O. The van der Waals surface area contributed by atoms with Crippen LogP contribution >= 0.6 is 0 Å². The van der Waals surface area contributed by atoms with Gasteiger partial charge < -0.3 is 16.0 Å². The molecule has 1 fully saturated rings. The van der Waals surface area contributed by atoms with Crippen molar-refractivity contribution in [1.29, 1.82) is 0 Å². The zero-order chi connectivity index (χ0) is 12.7. The van der Waals surface area contributed by atoms with E-state index in [1.165, 1.54) is 0 Å². The molecule has 0 spiro atoms. The highest BCUT2D eigenvalue weighted by atomic mass is 16.2. The maximum absolute atomic E-state index is 12.2. The molecular weight excluding hydrogens is 226 g/mol. The van der Waals surface area contributed by atoms with Crippen LogP contribution in [-0.2, 0) is 11.2 Å². The third-order valence-electron chi connectivity index (χ3n) is 4.10. The lowest BCUT2D eigenvalue weighted by Gasteiger charge is -2.28. The zero-order valence-corrected chi connectivity index (χ0v) is 10.6. The van der Waals surface area contributed by atoms with E-state index in [0.29, 0.717) is 6.42 Å². The summed E-state index contributed by atoms with van der Waals surface area (Å²) in [5.74, 6) is 0.195. The van der Waals surface area contributed by atoms with Crippen LogP contribution in [0.15, 0.2) is 18.2 Å². The van der Waals surface area contributed by atoms with Gasteiger partial charge in [0.15, 0.2) is 0 Å². The summed E-state index contributed by atoms with van der Waals surface area (Å²) < 4.78 is 0. The highest BCUT2D eigenvalue weighted by Crippen LogP contribution is 2.36. The molecule has 2 atom stereocenters. The Bertz CT molecular complexity index is 486. The first kappa shape index (κ1) is 11.5. The van der Waals surface area contributed by atoms with Gasteiger partial charge in [0.05, 0.1) is 12.5 Å². The highest BCUT2D eigenvalue weighted by Gasteiger charge is 2.38. The van der Waals surface area contributed by atoms with Gasteiger partial charge in [-0.3, -0.25) is 4.79 Å². The van der Waals surface area contributed by atoms with Crippen molar-refractivity contribution < 1.29 is 4.79 Å². The molecule has 0 aromatic heterocycles. The molecule has 4 heteroatoms. The van der Waals surface area contributed by atoms with Crippen molar-refractivity contribution in [2.24, 2.45) is 5.73 Å². The molecule has 3 rings (SSSR count). The molecule has 1 aromatic rings. The summed E-state index contributed by atoms with van der Waals surface area (Å²) in [7, 11) is 1.89. The molecule has 1 amide bonds. The first-order valence-electron chi connectivity index (χ1n) is 6.59. The molecule has 96 valence electrons. The molecule has 1 aliphatic carbocycles. The lowest BCUT2D eigenvalue weighted by atomic mass is 10.1. The van der Waals surface area contributed by atoms with Crippen LogP contribution in [0.4, 0.5) is 11.4 Å². The van der Waals surface area contributed by atoms with Crippen molar-refractivity contribution in [1.82, 2.24) is 0 Å². The number of nitrogens with two attached hydrogens (primary N) is 1. The maximum atomic E-state index is 12.2. The summed E-state index contributed by atoms with van der Waals surface area (Å²) in [5, 5.41) is 3.11. The number of carbonyl (C=O) groups excluding carboxylic acids is 1. The molecule has 0 saturated heterocycles. The summed E-state index contributed by atoms with van der Waals surface area (Å²) in [6.45, 7) is 0. The Balaban J connectivity index is 1.96. The van der Waals surface area contributed by atoms with Gasteiger partial charge in [0, 0.05) is 24.5 Å². The van der Waals surface area contributed by atoms with Crippen molar-refractivity contribution in [3.63, 3.8) is 0 Å². The summed E-state index contributed by atoms with van der Waals surface area (Å²) in [4.78, 5) is 14.2. The van der Waals surface area contributed by atoms with Crippen LogP contribution in [0, 0.1) is 0 Å². The third kappa shape index (κ3) is 1.68. The summed E-state index contributed by atoms with van der Waals surface area (Å²) >= 11 is 0. The van der Waals surface area contributed by atoms with Crippen molar-refractivity contribution >= 4 is 17.3 Å². The summed E-state index contributed by atoms with van der Waals surface area (Å²) in [6, 6.07) is 6.44. The number of anilines is 2. The summed E-state index contributed by atoms with van der Waals surface area (Å²) in [6.07, 6.45) is 3.69. The van der Waals surface area contributed by atoms with E-state index in [4.69, 9.17) is 5.73 Å². The molecule has 2 aliphatic rings. The highest BCUT2D eigenvalue weighted by molar-refractivity contribution is 6.02. The maximum Gasteiger partial charge on any atom is 0.231 e. The number of nitrogens with zero attached hydrogens (tertiary/aromatic N) is 1. The Labute approximate surface area is 107 Å². The normalized spacial score (nSPS) is 26.6. The molecule has 1 aliphatic heterocycles. The molecule has 1 heterocycles. The minimum atomic E-state index is 0.129. The Hall–Kier alpha value is -1.55. The fraction of sp³-hybridized carbons (Fsp3) is 0.500. The molecule has 1 saturated carbocycles. The molecule has 18 heavy (non-hydrogen) atoms. The second kappa shape index (κ2) is 4.28. The average molecular weight is 245 g/mol. The Morgan fingerprint density at radius 1 is 1.39 bits per heavy atom. The van der Waals surface area contributed by atoms with E-state index in [1.807, 2.05) is 24.1 Å². The first-order valence-corrected chi connectivity index (χ1v) is 6.59. The largest absolute Gasteiger partial charge is 0.388 e. The van der Waals surface area contributed by atoms with E-state index in [1.54, 1.807) is 0 Å². The molecule has 0 radical (unpaired) electrons. The van der Waals surface area contributed by atoms with E-state index in [-0.39, 0.29) is 18.0 Å². The van der Waals surface area contributed by atoms with Gasteiger partial charge >= 0.3 is 0 Å². The third-order valence-corrected chi connectivity index (χ3v) is 4.10. The van der Waals surface area contributed by atoms with Crippen LogP contribution in [0.2, 0.25) is 0 Å². The standard InChI is InChI=1S/C14H19N3O/c1-16-10-5-6-12-9(7-10)8-14(18)17(12)13-4-2-3-11(13)15/h5-7,11,13,16H,2-4,8,15H2,1H3. The first-order chi connectivity index (χ1) is 8.70. The fourth-order valence-electron chi connectivity index (χ4n) is 3.15. The van der Waals surface area contributed by atoms with Crippen LogP contribution < -0.4 is 16.0 Å². The van der Waals surface area contributed by atoms with E-state index in [0.717, 1.165) is 36.2 Å². The second-order valence-electron chi connectivity index (χ2n) is 5.20. The average Bonchev–Trinajstić information content (AvgIpc) is 2.90. The number of benzene rings is 1. The van der Waals surface area contributed by atoms with Gasteiger partial charge in [-0.15, -0.1) is 0 Å². The molecule has 0 bridgehead atoms. The second-order valence-corrected chi connectivity index (χ2v) is 5.20. The van der Waals surface area contributed by atoms with Gasteiger partial charge in [-0.2, -0.15) is 0 Å². The van der Waals surface area contributed by atoms with Crippen LogP contribution in [-0.4, -0.2) is 25.0 Å². The van der Waals surface area contributed by atoms with Crippen molar-refractivity contribution in [2.75, 3.05) is 17.3 Å². The van der Waals surface area contributed by atoms with Gasteiger partial charge in [0.1, 0.15) is 0 Å². The quantitative estimate of drug-likeness (QED) is 0.830. The molecule has 4 nitrogen and oxygen atoms in total. The van der Waals surface area contributed by atoms with E-state index < -0.39 is 0 Å². The predicted molar refractivity (Wildman–Crippen MR) is 72.8 cm³/mol. The van der Waals surface area contributed by atoms with E-state index in [9.17, 15) is 4.79 Å². The number of fused-ring (bicyclic) bond motifs is 1. The monoisotopic (exact) mass is 245 g/mol. The topological polar surface area (TPSA) is 58.4 Å². The lowest BCUT2D eigenvalue weighted by molar-refractivity contribution is -0.117. The fourth-order valence-corrected chi connectivity index (χ4v) is 3.15. The zero-order valence-electron chi connectivity index (χ0n) is 10.6. The minimum Gasteiger partial charge on any atom is -0.388 e. The SMILES string of the molecule is CNc1ccc2c(c1)CC(=O)N2C1CCCC1N. The van der Waals surface area contributed by atoms with E-state index in [2.05, 4.69) is 11.4 Å². The van der Waals surface area contributed by atoms with Crippen molar-refractivity contribution in [3.05, 3.63) is 23.8 Å². The molecule has 1 aromatic carbocycles. The lowest BCUT2D eigenvalue weighted by Crippen LogP contribution is -2.46. The van der Waals surface area contributed by atoms with Gasteiger partial charge in [0.25, 0.3) is 0 Å². The number of hydrogen-bond donors (Lipinski definition) is 2. The van der Waals surface area contributed by atoms with Crippen LogP contribution in [0.5, 0.6) is 0 Å². The van der Waals surface area contributed by atoms with Crippen LogP contribution in [0.25, 0.3) is 0 Å². The van der Waals surface area contributed by atoms with E-state index >= 15 is 0 Å². The van der Waals surface area contributed by atoms with Crippen molar-refractivity contribution in [3.8, 4) is 0 Å². The Kier molecular flexibility index (Phi) is 2.74. The smallest absolute Gasteiger partial charge is 0.231 e. The number of rotatable bonds is 2. The van der Waals surface area contributed by atoms with Gasteiger partial charge in [-0.05, 0) is 43.0 Å². The number of carbonyl (C=O) groups is 1. The van der Waals surface area contributed by atoms with Gasteiger partial charge in [-0.1, -0.05) is 0 Å². The number of amides is 1. The minimum absolute atomic E-state index is 0.129. The molecule has 2 unspecified atom stereocenters. The van der Waals surface area contributed by atoms with Gasteiger partial charge in [-0.25, -0.2) is 0 Å². The Morgan fingerprint density at radius 2 is 2.22 bits per heavy atom. The molecule has 3 N–H and O–H groups in total. The van der Waals surface area contributed by atoms with Gasteiger partial charge in [0.2, 0.25) is 5.91 Å².